The molecule has 0 unspecified atom stereocenters. The van der Waals surface area contributed by atoms with E-state index >= 15 is 0 Å². The van der Waals surface area contributed by atoms with Crippen LogP contribution in [0.1, 0.15) is 21.7 Å². The normalized spacial score (nSPS) is 10.9. The number of hydrogen-bond donors (Lipinski definition) is 2. The van der Waals surface area contributed by atoms with Gasteiger partial charge in [0.1, 0.15) is 21.9 Å². The summed E-state index contributed by atoms with van der Waals surface area (Å²) < 4.78 is 0. The lowest BCUT2D eigenvalue weighted by Crippen LogP contribution is -2.23. The van der Waals surface area contributed by atoms with Crippen LogP contribution in [-0.4, -0.2) is 48.2 Å². The molecule has 2 N–H and O–H groups in total. The van der Waals surface area contributed by atoms with Gasteiger partial charge in [-0.2, -0.15) is 0 Å². The van der Waals surface area contributed by atoms with Crippen molar-refractivity contribution >= 4 is 33.3 Å². The first-order valence-electron chi connectivity index (χ1n) is 6.39. The van der Waals surface area contributed by atoms with Gasteiger partial charge in [0.15, 0.2) is 0 Å². The lowest BCUT2D eigenvalue weighted by Gasteiger charge is -2.19. The number of fused-ring (bicyclic) bond motifs is 1. The quantitative estimate of drug-likeness (QED) is 0.790. The highest BCUT2D eigenvalue weighted by molar-refractivity contribution is 7.20. The summed E-state index contributed by atoms with van der Waals surface area (Å²) in [5, 5.41) is 13.2. The lowest BCUT2D eigenvalue weighted by atomic mass is 10.2. The Balaban J connectivity index is 2.40. The molecular weight excluding hydrogens is 276 g/mol. The zero-order valence-electron chi connectivity index (χ0n) is 11.8. The van der Waals surface area contributed by atoms with E-state index in [-0.39, 0.29) is 0 Å². The van der Waals surface area contributed by atoms with Crippen LogP contribution in [0, 0.1) is 6.92 Å². The number of aromatic carboxylic acids is 1. The number of carboxylic acids is 1. The van der Waals surface area contributed by atoms with Crippen LogP contribution in [0.15, 0.2) is 6.33 Å². The maximum atomic E-state index is 11.2. The van der Waals surface area contributed by atoms with Crippen LogP contribution in [0.2, 0.25) is 0 Å². The van der Waals surface area contributed by atoms with Crippen molar-refractivity contribution in [1.29, 1.82) is 0 Å². The molecule has 20 heavy (non-hydrogen) atoms. The number of carboxylic acid groups (broad SMARTS) is 1. The first-order chi connectivity index (χ1) is 9.56. The van der Waals surface area contributed by atoms with Gasteiger partial charge in [-0.3, -0.25) is 0 Å². The second-order valence-electron chi connectivity index (χ2n) is 4.62. The summed E-state index contributed by atoms with van der Waals surface area (Å²) in [7, 11) is 3.89. The van der Waals surface area contributed by atoms with Crippen LogP contribution in [0.3, 0.4) is 0 Å². The zero-order chi connectivity index (χ0) is 14.7. The van der Waals surface area contributed by atoms with Crippen molar-refractivity contribution < 1.29 is 9.90 Å². The van der Waals surface area contributed by atoms with E-state index in [0.717, 1.165) is 41.1 Å². The Bertz CT molecular complexity index is 626. The number of nitrogens with zero attached hydrogens (tertiary/aromatic N) is 3. The number of aryl methyl sites for hydroxylation is 1. The number of hydrogen-bond acceptors (Lipinski definition) is 6. The molecule has 2 rings (SSSR count). The van der Waals surface area contributed by atoms with E-state index in [1.807, 2.05) is 25.9 Å². The van der Waals surface area contributed by atoms with E-state index in [2.05, 4.69) is 15.3 Å². The lowest BCUT2D eigenvalue weighted by molar-refractivity contribution is 0.0701. The Morgan fingerprint density at radius 2 is 2.25 bits per heavy atom. The molecule has 0 aliphatic heterocycles. The van der Waals surface area contributed by atoms with E-state index in [0.29, 0.717) is 4.88 Å². The van der Waals surface area contributed by atoms with Gasteiger partial charge in [0.05, 0.1) is 5.39 Å². The van der Waals surface area contributed by atoms with Crippen LogP contribution in [0.4, 0.5) is 5.82 Å². The van der Waals surface area contributed by atoms with Crippen LogP contribution >= 0.6 is 11.3 Å². The van der Waals surface area contributed by atoms with Gasteiger partial charge in [-0.1, -0.05) is 0 Å². The number of aromatic nitrogens is 2. The largest absolute Gasteiger partial charge is 0.477 e. The van der Waals surface area contributed by atoms with Gasteiger partial charge >= 0.3 is 5.97 Å². The van der Waals surface area contributed by atoms with Crippen molar-refractivity contribution in [2.24, 2.45) is 0 Å². The standard InChI is InChI=1S/C13H18N4O2S/c1-8-9-11(17(3)6-4-5-14-2)15-7-16-12(9)20-10(8)13(18)19/h7,14H,4-6H2,1-3H3,(H,18,19). The van der Waals surface area contributed by atoms with Gasteiger partial charge in [0, 0.05) is 13.6 Å². The molecule has 0 radical (unpaired) electrons. The highest BCUT2D eigenvalue weighted by Gasteiger charge is 2.19. The molecule has 0 aliphatic rings. The summed E-state index contributed by atoms with van der Waals surface area (Å²) in [6.45, 7) is 3.60. The molecule has 0 saturated heterocycles. The number of rotatable bonds is 6. The van der Waals surface area contributed by atoms with Crippen molar-refractivity contribution in [3.8, 4) is 0 Å². The van der Waals surface area contributed by atoms with Crippen molar-refractivity contribution in [2.75, 3.05) is 32.1 Å². The van der Waals surface area contributed by atoms with Crippen LogP contribution in [0.25, 0.3) is 10.2 Å². The fraction of sp³-hybridized carbons (Fsp3) is 0.462. The van der Waals surface area contributed by atoms with E-state index in [1.165, 1.54) is 17.7 Å². The number of nitrogens with one attached hydrogen (secondary N) is 1. The summed E-state index contributed by atoms with van der Waals surface area (Å²) in [6, 6.07) is 0. The van der Waals surface area contributed by atoms with E-state index < -0.39 is 5.97 Å². The van der Waals surface area contributed by atoms with Gasteiger partial charge in [-0.15, -0.1) is 11.3 Å². The molecule has 0 saturated carbocycles. The molecule has 2 heterocycles. The third kappa shape index (κ3) is 2.73. The summed E-state index contributed by atoms with van der Waals surface area (Å²) in [4.78, 5) is 22.9. The molecule has 2 aromatic heterocycles. The molecule has 0 aliphatic carbocycles. The van der Waals surface area contributed by atoms with Crippen LogP contribution in [-0.2, 0) is 0 Å². The fourth-order valence-corrected chi connectivity index (χ4v) is 3.13. The van der Waals surface area contributed by atoms with Crippen molar-refractivity contribution in [3.63, 3.8) is 0 Å². The molecule has 0 atom stereocenters. The molecule has 0 amide bonds. The van der Waals surface area contributed by atoms with E-state index in [9.17, 15) is 9.90 Å². The molecular formula is C13H18N4O2S. The van der Waals surface area contributed by atoms with Crippen molar-refractivity contribution in [3.05, 3.63) is 16.8 Å². The average molecular weight is 294 g/mol. The predicted octanol–water partition coefficient (Wildman–Crippen LogP) is 1.74. The Hall–Kier alpha value is -1.73. The summed E-state index contributed by atoms with van der Waals surface area (Å²) in [5.41, 5.74) is 0.744. The van der Waals surface area contributed by atoms with Gasteiger partial charge in [-0.25, -0.2) is 14.8 Å². The molecule has 0 spiro atoms. The first-order valence-corrected chi connectivity index (χ1v) is 7.21. The SMILES string of the molecule is CNCCCN(C)c1ncnc2sc(C(=O)O)c(C)c12. The Labute approximate surface area is 121 Å². The van der Waals surface area contributed by atoms with Gasteiger partial charge in [-0.05, 0) is 32.5 Å². The average Bonchev–Trinajstić information content (AvgIpc) is 2.76. The summed E-state index contributed by atoms with van der Waals surface area (Å²) >= 11 is 1.20. The van der Waals surface area contributed by atoms with Crippen LogP contribution < -0.4 is 10.2 Å². The predicted molar refractivity (Wildman–Crippen MR) is 80.9 cm³/mol. The summed E-state index contributed by atoms with van der Waals surface area (Å²) in [5.74, 6) is -0.110. The highest BCUT2D eigenvalue weighted by atomic mass is 32.1. The monoisotopic (exact) mass is 294 g/mol. The van der Waals surface area contributed by atoms with E-state index in [4.69, 9.17) is 0 Å². The van der Waals surface area contributed by atoms with E-state index in [1.54, 1.807) is 0 Å². The fourth-order valence-electron chi connectivity index (χ4n) is 2.15. The second-order valence-corrected chi connectivity index (χ2v) is 5.62. The molecule has 108 valence electrons. The third-order valence-corrected chi connectivity index (χ3v) is 4.37. The molecule has 0 fully saturated rings. The first kappa shape index (κ1) is 14.7. The smallest absolute Gasteiger partial charge is 0.346 e. The minimum absolute atomic E-state index is 0.338. The number of anilines is 1. The number of carbonyl (C=O) groups is 1. The molecule has 6 nitrogen and oxygen atoms in total. The Morgan fingerprint density at radius 1 is 1.50 bits per heavy atom. The van der Waals surface area contributed by atoms with Gasteiger partial charge < -0.3 is 15.3 Å². The van der Waals surface area contributed by atoms with Crippen molar-refractivity contribution in [2.45, 2.75) is 13.3 Å². The zero-order valence-corrected chi connectivity index (χ0v) is 12.6. The Kier molecular flexibility index (Phi) is 4.51. The molecule has 7 heteroatoms. The second kappa shape index (κ2) is 6.15. The Morgan fingerprint density at radius 3 is 2.90 bits per heavy atom. The van der Waals surface area contributed by atoms with Gasteiger partial charge in [0.25, 0.3) is 0 Å². The van der Waals surface area contributed by atoms with Crippen molar-refractivity contribution in [1.82, 2.24) is 15.3 Å². The highest BCUT2D eigenvalue weighted by Crippen LogP contribution is 2.34. The third-order valence-electron chi connectivity index (χ3n) is 3.18. The summed E-state index contributed by atoms with van der Waals surface area (Å²) in [6.07, 6.45) is 2.49. The van der Waals surface area contributed by atoms with Crippen LogP contribution in [0.5, 0.6) is 0 Å². The molecule has 0 aromatic carbocycles. The maximum Gasteiger partial charge on any atom is 0.346 e. The topological polar surface area (TPSA) is 78.3 Å². The molecule has 2 aromatic rings. The molecule has 0 bridgehead atoms. The minimum atomic E-state index is -0.908. The maximum absolute atomic E-state index is 11.2. The van der Waals surface area contributed by atoms with Gasteiger partial charge in [0.2, 0.25) is 0 Å². The number of thiophene rings is 1. The minimum Gasteiger partial charge on any atom is -0.477 e.